The number of nitrogens with one attached hydrogen (secondary N) is 1. The first-order valence-electron chi connectivity index (χ1n) is 9.93. The molecule has 0 bridgehead atoms. The van der Waals surface area contributed by atoms with Crippen LogP contribution in [0.15, 0.2) is 73.1 Å². The van der Waals surface area contributed by atoms with Crippen LogP contribution in [-0.2, 0) is 0 Å². The highest BCUT2D eigenvalue weighted by atomic mass is 16.5. The molecule has 2 aromatic carbocycles. The lowest BCUT2D eigenvalue weighted by molar-refractivity contribution is 0.0941. The lowest BCUT2D eigenvalue weighted by atomic mass is 10.0. The Kier molecular flexibility index (Phi) is 5.80. The first-order chi connectivity index (χ1) is 15.1. The van der Waals surface area contributed by atoms with Gasteiger partial charge in [0, 0.05) is 28.9 Å². The molecule has 0 saturated carbocycles. The first kappa shape index (κ1) is 20.3. The summed E-state index contributed by atoms with van der Waals surface area (Å²) in [7, 11) is 3.22. The first-order valence-corrected chi connectivity index (χ1v) is 9.93. The zero-order chi connectivity index (χ0) is 21.8. The summed E-state index contributed by atoms with van der Waals surface area (Å²) in [6.07, 6.45) is 3.45. The number of pyridine rings is 2. The Balaban J connectivity index is 1.72. The summed E-state index contributed by atoms with van der Waals surface area (Å²) >= 11 is 0. The molecule has 4 aromatic rings. The lowest BCUT2D eigenvalue weighted by Crippen LogP contribution is -2.27. The van der Waals surface area contributed by atoms with Crippen LogP contribution in [0, 0.1) is 0 Å². The van der Waals surface area contributed by atoms with Gasteiger partial charge in [-0.3, -0.25) is 9.78 Å². The number of para-hydroxylation sites is 1. The summed E-state index contributed by atoms with van der Waals surface area (Å²) < 4.78 is 10.8. The Labute approximate surface area is 180 Å². The Morgan fingerprint density at radius 1 is 1.00 bits per heavy atom. The van der Waals surface area contributed by atoms with E-state index in [1.165, 1.54) is 0 Å². The second-order valence-corrected chi connectivity index (χ2v) is 7.12. The number of fused-ring (bicyclic) bond motifs is 1. The van der Waals surface area contributed by atoms with E-state index in [2.05, 4.69) is 10.3 Å². The molecule has 1 unspecified atom stereocenters. The summed E-state index contributed by atoms with van der Waals surface area (Å²) in [4.78, 5) is 22.2. The van der Waals surface area contributed by atoms with Gasteiger partial charge in [0.05, 0.1) is 37.0 Å². The third kappa shape index (κ3) is 4.19. The lowest BCUT2D eigenvalue weighted by Gasteiger charge is -2.19. The van der Waals surface area contributed by atoms with Crippen LogP contribution in [-0.4, -0.2) is 30.1 Å². The Hall–Kier alpha value is -3.93. The highest BCUT2D eigenvalue weighted by Crippen LogP contribution is 2.30. The topological polar surface area (TPSA) is 73.3 Å². The number of nitrogens with zero attached hydrogens (tertiary/aromatic N) is 2. The molecule has 0 aliphatic rings. The Bertz CT molecular complexity index is 1230. The van der Waals surface area contributed by atoms with Crippen molar-refractivity contribution in [1.82, 2.24) is 15.3 Å². The molecule has 1 atom stereocenters. The minimum atomic E-state index is -0.300. The van der Waals surface area contributed by atoms with E-state index in [9.17, 15) is 4.79 Å². The van der Waals surface area contributed by atoms with E-state index < -0.39 is 0 Å². The van der Waals surface area contributed by atoms with Crippen molar-refractivity contribution in [2.24, 2.45) is 0 Å². The van der Waals surface area contributed by atoms with Crippen molar-refractivity contribution in [3.05, 3.63) is 84.2 Å². The van der Waals surface area contributed by atoms with Crippen LogP contribution in [0.1, 0.15) is 28.9 Å². The number of methoxy groups -OCH3 is 2. The van der Waals surface area contributed by atoms with Crippen molar-refractivity contribution in [3.63, 3.8) is 0 Å². The normalized spacial score (nSPS) is 11.7. The van der Waals surface area contributed by atoms with E-state index in [0.29, 0.717) is 22.8 Å². The third-order valence-electron chi connectivity index (χ3n) is 5.17. The predicted molar refractivity (Wildman–Crippen MR) is 120 cm³/mol. The number of carbonyl (C=O) groups excluding carboxylic acids is 1. The van der Waals surface area contributed by atoms with Crippen molar-refractivity contribution < 1.29 is 14.3 Å². The molecule has 0 fully saturated rings. The molecule has 31 heavy (non-hydrogen) atoms. The fourth-order valence-electron chi connectivity index (χ4n) is 3.56. The number of ether oxygens (including phenoxy) is 2. The molecule has 0 saturated heterocycles. The number of aromatic nitrogens is 2. The van der Waals surface area contributed by atoms with E-state index in [0.717, 1.165) is 22.0 Å². The van der Waals surface area contributed by atoms with Gasteiger partial charge in [-0.15, -0.1) is 0 Å². The van der Waals surface area contributed by atoms with Gasteiger partial charge < -0.3 is 14.8 Å². The number of hydrogen-bond donors (Lipinski definition) is 1. The van der Waals surface area contributed by atoms with Gasteiger partial charge in [-0.25, -0.2) is 4.98 Å². The standard InChI is InChI=1S/C25H23N3O3/c1-16(20-13-18(30-2)10-11-24(20)31-3)27-25(29)21-14-23(17-7-6-12-26-15-17)28-22-9-5-4-8-19(21)22/h4-16H,1-3H3,(H,27,29). The van der Waals surface area contributed by atoms with Gasteiger partial charge in [-0.2, -0.15) is 0 Å². The predicted octanol–water partition coefficient (Wildman–Crippen LogP) is 4.81. The fourth-order valence-corrected chi connectivity index (χ4v) is 3.56. The highest BCUT2D eigenvalue weighted by Gasteiger charge is 2.19. The van der Waals surface area contributed by atoms with Crippen LogP contribution in [0.2, 0.25) is 0 Å². The van der Waals surface area contributed by atoms with Crippen LogP contribution in [0.3, 0.4) is 0 Å². The summed E-state index contributed by atoms with van der Waals surface area (Å²) in [5.74, 6) is 1.19. The SMILES string of the molecule is COc1ccc(OC)c(C(C)NC(=O)c2cc(-c3cccnc3)nc3ccccc23)c1. The summed E-state index contributed by atoms with van der Waals surface area (Å²) in [6.45, 7) is 1.92. The second-order valence-electron chi connectivity index (χ2n) is 7.12. The molecule has 2 aromatic heterocycles. The Morgan fingerprint density at radius 3 is 2.58 bits per heavy atom. The van der Waals surface area contributed by atoms with Gasteiger partial charge in [0.1, 0.15) is 11.5 Å². The van der Waals surface area contributed by atoms with Gasteiger partial charge in [0.15, 0.2) is 0 Å². The number of rotatable bonds is 6. The molecular formula is C25H23N3O3. The van der Waals surface area contributed by atoms with E-state index in [1.54, 1.807) is 26.6 Å². The highest BCUT2D eigenvalue weighted by molar-refractivity contribution is 6.07. The van der Waals surface area contributed by atoms with Gasteiger partial charge in [-0.1, -0.05) is 18.2 Å². The maximum absolute atomic E-state index is 13.4. The number of carbonyl (C=O) groups is 1. The van der Waals surface area contributed by atoms with Gasteiger partial charge in [0.2, 0.25) is 0 Å². The molecule has 0 radical (unpaired) electrons. The molecule has 0 aliphatic carbocycles. The third-order valence-corrected chi connectivity index (χ3v) is 5.17. The number of hydrogen-bond acceptors (Lipinski definition) is 5. The molecule has 156 valence electrons. The van der Waals surface area contributed by atoms with Crippen LogP contribution in [0.25, 0.3) is 22.2 Å². The van der Waals surface area contributed by atoms with E-state index in [4.69, 9.17) is 14.5 Å². The maximum atomic E-state index is 13.4. The van der Waals surface area contributed by atoms with Crippen LogP contribution >= 0.6 is 0 Å². The van der Waals surface area contributed by atoms with Crippen LogP contribution in [0.5, 0.6) is 11.5 Å². The molecule has 4 rings (SSSR count). The van der Waals surface area contributed by atoms with E-state index in [1.807, 2.05) is 67.6 Å². The summed E-state index contributed by atoms with van der Waals surface area (Å²) in [5.41, 5.74) is 3.69. The average Bonchev–Trinajstić information content (AvgIpc) is 2.83. The van der Waals surface area contributed by atoms with Crippen LogP contribution in [0.4, 0.5) is 0 Å². The minimum Gasteiger partial charge on any atom is -0.497 e. The molecule has 6 nitrogen and oxygen atoms in total. The zero-order valence-corrected chi connectivity index (χ0v) is 17.6. The smallest absolute Gasteiger partial charge is 0.252 e. The van der Waals surface area contributed by atoms with Crippen molar-refractivity contribution in [2.45, 2.75) is 13.0 Å². The molecule has 2 heterocycles. The molecular weight excluding hydrogens is 390 g/mol. The quantitative estimate of drug-likeness (QED) is 0.491. The second kappa shape index (κ2) is 8.83. The van der Waals surface area contributed by atoms with Crippen molar-refractivity contribution in [3.8, 4) is 22.8 Å². The molecule has 0 aliphatic heterocycles. The monoisotopic (exact) mass is 413 g/mol. The largest absolute Gasteiger partial charge is 0.497 e. The number of benzene rings is 2. The molecule has 0 spiro atoms. The summed E-state index contributed by atoms with van der Waals surface area (Å²) in [6, 6.07) is 18.4. The average molecular weight is 413 g/mol. The van der Waals surface area contributed by atoms with Crippen molar-refractivity contribution in [1.29, 1.82) is 0 Å². The van der Waals surface area contributed by atoms with Crippen molar-refractivity contribution in [2.75, 3.05) is 14.2 Å². The van der Waals surface area contributed by atoms with Crippen molar-refractivity contribution >= 4 is 16.8 Å². The van der Waals surface area contributed by atoms with Gasteiger partial charge >= 0.3 is 0 Å². The Morgan fingerprint density at radius 2 is 1.84 bits per heavy atom. The summed E-state index contributed by atoms with van der Waals surface area (Å²) in [5, 5.41) is 3.88. The van der Waals surface area contributed by atoms with Gasteiger partial charge in [-0.05, 0) is 49.4 Å². The van der Waals surface area contributed by atoms with Crippen LogP contribution < -0.4 is 14.8 Å². The molecule has 6 heteroatoms. The van der Waals surface area contributed by atoms with E-state index in [-0.39, 0.29) is 11.9 Å². The fraction of sp³-hybridized carbons (Fsp3) is 0.160. The molecule has 1 amide bonds. The molecule has 1 N–H and O–H groups in total. The number of amides is 1. The zero-order valence-electron chi connectivity index (χ0n) is 17.6. The van der Waals surface area contributed by atoms with Gasteiger partial charge in [0.25, 0.3) is 5.91 Å². The maximum Gasteiger partial charge on any atom is 0.252 e. The van der Waals surface area contributed by atoms with E-state index >= 15 is 0 Å². The minimum absolute atomic E-state index is 0.193.